The van der Waals surface area contributed by atoms with Crippen LogP contribution >= 0.6 is 23.2 Å². The van der Waals surface area contributed by atoms with Crippen LogP contribution < -0.4 is 0 Å². The van der Waals surface area contributed by atoms with Gasteiger partial charge in [-0.2, -0.15) is 13.2 Å². The van der Waals surface area contributed by atoms with Crippen LogP contribution in [0.3, 0.4) is 0 Å². The van der Waals surface area contributed by atoms with E-state index in [-0.39, 0.29) is 28.7 Å². The fourth-order valence-electron chi connectivity index (χ4n) is 5.98. The molecule has 9 heteroatoms. The fraction of sp³-hybridized carbons (Fsp3) is 0.484. The van der Waals surface area contributed by atoms with Crippen LogP contribution in [0.4, 0.5) is 13.2 Å². The van der Waals surface area contributed by atoms with Crippen LogP contribution in [0.25, 0.3) is 5.57 Å². The summed E-state index contributed by atoms with van der Waals surface area (Å²) >= 11 is 13.4. The van der Waals surface area contributed by atoms with Gasteiger partial charge in [-0.15, -0.1) is 0 Å². The lowest BCUT2D eigenvalue weighted by molar-refractivity contribution is -0.142. The molecule has 4 nitrogen and oxygen atoms in total. The van der Waals surface area contributed by atoms with Gasteiger partial charge in [-0.1, -0.05) is 42.6 Å². The lowest BCUT2D eigenvalue weighted by atomic mass is 9.76. The Balaban J connectivity index is 1.61. The van der Waals surface area contributed by atoms with Gasteiger partial charge in [0.05, 0.1) is 23.3 Å². The number of fused-ring (bicyclic) bond motifs is 1. The largest absolute Gasteiger partial charge is 0.469 e. The van der Waals surface area contributed by atoms with Crippen molar-refractivity contribution >= 4 is 40.7 Å². The van der Waals surface area contributed by atoms with Gasteiger partial charge in [-0.3, -0.25) is 9.59 Å². The molecule has 0 radical (unpaired) electrons. The third-order valence-corrected chi connectivity index (χ3v) is 8.89. The van der Waals surface area contributed by atoms with Crippen LogP contribution in [0.15, 0.2) is 30.3 Å². The molecule has 1 heterocycles. The lowest BCUT2D eigenvalue weighted by Crippen LogP contribution is -2.39. The Morgan fingerprint density at radius 2 is 1.82 bits per heavy atom. The molecule has 2 aromatic rings. The number of allylic oxidation sites excluding steroid dienone is 2. The third kappa shape index (κ3) is 6.52. The molecule has 40 heavy (non-hydrogen) atoms. The van der Waals surface area contributed by atoms with Crippen molar-refractivity contribution in [1.29, 1.82) is 0 Å². The van der Waals surface area contributed by atoms with Gasteiger partial charge in [0.2, 0.25) is 0 Å². The second kappa shape index (κ2) is 12.6. The molecule has 4 rings (SSSR count). The topological polar surface area (TPSA) is 46.6 Å². The number of carbonyl (C=O) groups excluding carboxylic acids is 2. The number of amides is 1. The van der Waals surface area contributed by atoms with E-state index in [0.717, 1.165) is 24.0 Å². The average molecular weight is 597 g/mol. The molecule has 216 valence electrons. The molecule has 1 unspecified atom stereocenters. The maximum absolute atomic E-state index is 13.7. The molecule has 0 bridgehead atoms. The molecule has 1 fully saturated rings. The second-order valence-corrected chi connectivity index (χ2v) is 11.6. The highest BCUT2D eigenvalue weighted by molar-refractivity contribution is 6.38. The molecular weight excluding hydrogens is 562 g/mol. The first kappa shape index (κ1) is 30.4. The molecule has 0 N–H and O–H groups in total. The Labute approximate surface area is 243 Å². The first-order valence-corrected chi connectivity index (χ1v) is 14.4. The number of nitrogens with zero attached hydrogens (tertiary/aromatic N) is 1. The van der Waals surface area contributed by atoms with E-state index in [1.54, 1.807) is 24.0 Å². The minimum atomic E-state index is -4.42. The summed E-state index contributed by atoms with van der Waals surface area (Å²) in [6.45, 7) is 4.76. The quantitative estimate of drug-likeness (QED) is 0.301. The van der Waals surface area contributed by atoms with Gasteiger partial charge in [0, 0.05) is 31.0 Å². The number of piperidine rings is 1. The Bertz CT molecular complexity index is 1310. The highest BCUT2D eigenvalue weighted by Crippen LogP contribution is 2.44. The van der Waals surface area contributed by atoms with Crippen molar-refractivity contribution in [3.63, 3.8) is 0 Å². The van der Waals surface area contributed by atoms with E-state index in [4.69, 9.17) is 27.9 Å². The molecule has 1 saturated heterocycles. The van der Waals surface area contributed by atoms with Crippen LogP contribution in [0.5, 0.6) is 0 Å². The van der Waals surface area contributed by atoms with Crippen molar-refractivity contribution in [2.24, 2.45) is 5.92 Å². The number of halogens is 5. The standard InChI is InChI=1S/C31H34Cl2F3NO3/c1-4-5-20-6-7-21(28-18(2)14-22(17-24(20)28)31(34,35)36)16-25-26(32)9-8-23(29(25)33)30(39)37-12-10-19(11-13-37)15-27(38)40-3/h7-9,14,17,19-20H,4-6,10-13,15-16H2,1-3H3. The predicted molar refractivity (Wildman–Crippen MR) is 152 cm³/mol. The number of esters is 1. The summed E-state index contributed by atoms with van der Waals surface area (Å²) in [5.74, 6) is -0.277. The summed E-state index contributed by atoms with van der Waals surface area (Å²) in [5.41, 5.74) is 3.24. The van der Waals surface area contributed by atoms with Crippen molar-refractivity contribution in [3.8, 4) is 0 Å². The smallest absolute Gasteiger partial charge is 0.416 e. The average Bonchev–Trinajstić information content (AvgIpc) is 2.91. The van der Waals surface area contributed by atoms with Gasteiger partial charge >= 0.3 is 12.1 Å². The normalized spacial score (nSPS) is 17.9. The van der Waals surface area contributed by atoms with Crippen LogP contribution in [0.2, 0.25) is 10.0 Å². The van der Waals surface area contributed by atoms with Crippen LogP contribution in [0, 0.1) is 12.8 Å². The number of rotatable bonds is 7. The number of ether oxygens (including phenoxy) is 1. The van der Waals surface area contributed by atoms with E-state index in [1.165, 1.54) is 19.2 Å². The minimum Gasteiger partial charge on any atom is -0.469 e. The third-order valence-electron chi connectivity index (χ3n) is 8.11. The Morgan fingerprint density at radius 3 is 2.45 bits per heavy atom. The predicted octanol–water partition coefficient (Wildman–Crippen LogP) is 8.65. The van der Waals surface area contributed by atoms with E-state index in [1.807, 2.05) is 6.92 Å². The molecular formula is C31H34Cl2F3NO3. The molecule has 1 aliphatic carbocycles. The molecule has 1 atom stereocenters. The zero-order valence-corrected chi connectivity index (χ0v) is 24.5. The maximum Gasteiger partial charge on any atom is 0.416 e. The Morgan fingerprint density at radius 1 is 1.12 bits per heavy atom. The van der Waals surface area contributed by atoms with E-state index in [9.17, 15) is 22.8 Å². The first-order valence-electron chi connectivity index (χ1n) is 13.7. The van der Waals surface area contributed by atoms with Crippen molar-refractivity contribution in [2.75, 3.05) is 20.2 Å². The summed E-state index contributed by atoms with van der Waals surface area (Å²) in [7, 11) is 1.37. The summed E-state index contributed by atoms with van der Waals surface area (Å²) in [5, 5.41) is 0.665. The van der Waals surface area contributed by atoms with E-state index < -0.39 is 11.7 Å². The van der Waals surface area contributed by atoms with Gasteiger partial charge in [0.25, 0.3) is 5.91 Å². The second-order valence-electron chi connectivity index (χ2n) is 10.8. The molecule has 0 saturated carbocycles. The lowest BCUT2D eigenvalue weighted by Gasteiger charge is -2.32. The highest BCUT2D eigenvalue weighted by atomic mass is 35.5. The Kier molecular flexibility index (Phi) is 9.56. The fourth-order valence-corrected chi connectivity index (χ4v) is 6.56. The number of hydrogen-bond donors (Lipinski definition) is 0. The number of hydrogen-bond acceptors (Lipinski definition) is 3. The van der Waals surface area contributed by atoms with Crippen LogP contribution in [-0.4, -0.2) is 37.0 Å². The van der Waals surface area contributed by atoms with Gasteiger partial charge in [0.1, 0.15) is 0 Å². The first-order chi connectivity index (χ1) is 18.9. The molecule has 0 aromatic heterocycles. The molecule has 2 aromatic carbocycles. The van der Waals surface area contributed by atoms with Crippen LogP contribution in [0.1, 0.15) is 89.5 Å². The van der Waals surface area contributed by atoms with Gasteiger partial charge < -0.3 is 9.64 Å². The number of alkyl halides is 3. The molecule has 1 amide bonds. The number of likely N-dealkylation sites (tertiary alicyclic amines) is 1. The Hall–Kier alpha value is -2.51. The zero-order valence-electron chi connectivity index (χ0n) is 23.0. The summed E-state index contributed by atoms with van der Waals surface area (Å²) in [6, 6.07) is 5.78. The van der Waals surface area contributed by atoms with E-state index in [2.05, 4.69) is 6.08 Å². The van der Waals surface area contributed by atoms with E-state index >= 15 is 0 Å². The highest BCUT2D eigenvalue weighted by Gasteiger charge is 2.34. The molecule has 0 spiro atoms. The van der Waals surface area contributed by atoms with Crippen molar-refractivity contribution in [3.05, 3.63) is 73.8 Å². The maximum atomic E-state index is 13.7. The van der Waals surface area contributed by atoms with E-state index in [0.29, 0.717) is 72.5 Å². The van der Waals surface area contributed by atoms with Gasteiger partial charge in [0.15, 0.2) is 0 Å². The monoisotopic (exact) mass is 595 g/mol. The SMILES string of the molecule is CCCC1CC=C(Cc2c(Cl)ccc(C(=O)N3CCC(CC(=O)OC)CC3)c2Cl)c2c(C)cc(C(F)(F)F)cc21. The minimum absolute atomic E-state index is 0.00529. The number of benzene rings is 2. The van der Waals surface area contributed by atoms with Crippen molar-refractivity contribution in [1.82, 2.24) is 4.90 Å². The van der Waals surface area contributed by atoms with Gasteiger partial charge in [-0.25, -0.2) is 0 Å². The summed E-state index contributed by atoms with van der Waals surface area (Å²) < 4.78 is 45.7. The van der Waals surface area contributed by atoms with Gasteiger partial charge in [-0.05, 0) is 96.5 Å². The number of methoxy groups -OCH3 is 1. The molecule has 1 aliphatic heterocycles. The van der Waals surface area contributed by atoms with Crippen molar-refractivity contribution in [2.45, 2.75) is 70.9 Å². The van der Waals surface area contributed by atoms with Crippen molar-refractivity contribution < 1.29 is 27.5 Å². The summed E-state index contributed by atoms with van der Waals surface area (Å²) in [6.07, 6.45) is 1.97. The molecule has 2 aliphatic rings. The number of carbonyl (C=O) groups is 2. The van der Waals surface area contributed by atoms with Crippen LogP contribution in [-0.2, 0) is 22.1 Å². The zero-order chi connectivity index (χ0) is 29.2. The summed E-state index contributed by atoms with van der Waals surface area (Å²) in [4.78, 5) is 26.8. The number of aryl methyl sites for hydroxylation is 1.